The molecule has 0 aliphatic carbocycles. The summed E-state index contributed by atoms with van der Waals surface area (Å²) < 4.78 is 0. The molecule has 1 aliphatic heterocycles. The quantitative estimate of drug-likeness (QED) is 0.612. The number of carbonyl (C=O) groups excluding carboxylic acids is 2. The van der Waals surface area contributed by atoms with Crippen LogP contribution in [0.5, 0.6) is 0 Å². The zero-order valence-electron chi connectivity index (χ0n) is 16.0. The van der Waals surface area contributed by atoms with Crippen molar-refractivity contribution in [2.24, 2.45) is 0 Å². The third-order valence-electron chi connectivity index (χ3n) is 4.55. The number of hydrogen-bond acceptors (Lipinski definition) is 4. The van der Waals surface area contributed by atoms with Crippen LogP contribution in [0.1, 0.15) is 30.9 Å². The van der Waals surface area contributed by atoms with Crippen molar-refractivity contribution in [1.82, 2.24) is 0 Å². The molecule has 0 radical (unpaired) electrons. The van der Waals surface area contributed by atoms with E-state index in [1.165, 1.54) is 16.7 Å². The predicted octanol–water partition coefficient (Wildman–Crippen LogP) is 4.57. The molecule has 1 saturated heterocycles. The second-order valence-corrected chi connectivity index (χ2v) is 7.79. The first-order valence-electron chi connectivity index (χ1n) is 8.99. The summed E-state index contributed by atoms with van der Waals surface area (Å²) in [4.78, 5) is 26.7. The monoisotopic (exact) mass is 391 g/mol. The van der Waals surface area contributed by atoms with Gasteiger partial charge in [-0.25, -0.2) is 0 Å². The van der Waals surface area contributed by atoms with Crippen LogP contribution < -0.4 is 10.2 Å². The Morgan fingerprint density at radius 2 is 1.86 bits per heavy atom. The van der Waals surface area contributed by atoms with E-state index in [0.29, 0.717) is 22.3 Å². The highest BCUT2D eigenvalue weighted by Crippen LogP contribution is 2.36. The number of carbonyl (C=O) groups is 2. The standard InChI is InChI=1S/C22H21N3O2S/c1-14(2)16-8-10-17(11-9-16)25-20(26)13-28-22(25)18(12-23)21(27)24-19-7-5-4-6-15(19)3/h4-11,14H,13H2,1-3H3,(H,24,27)/b22-18-. The van der Waals surface area contributed by atoms with Gasteiger partial charge in [-0.2, -0.15) is 5.26 Å². The molecule has 0 spiro atoms. The van der Waals surface area contributed by atoms with Crippen LogP contribution in [-0.4, -0.2) is 17.6 Å². The zero-order valence-corrected chi connectivity index (χ0v) is 16.8. The lowest BCUT2D eigenvalue weighted by molar-refractivity contribution is -0.115. The first-order valence-corrected chi connectivity index (χ1v) is 9.98. The van der Waals surface area contributed by atoms with Gasteiger partial charge in [0.2, 0.25) is 5.91 Å². The van der Waals surface area contributed by atoms with Gasteiger partial charge in [-0.1, -0.05) is 55.9 Å². The Balaban J connectivity index is 1.96. The Kier molecular flexibility index (Phi) is 5.86. The molecule has 0 bridgehead atoms. The Labute approximate surface area is 169 Å². The molecule has 1 heterocycles. The summed E-state index contributed by atoms with van der Waals surface area (Å²) in [5.74, 6) is -0.0850. The van der Waals surface area contributed by atoms with Gasteiger partial charge in [-0.05, 0) is 42.2 Å². The fraction of sp³-hybridized carbons (Fsp3) is 0.227. The highest BCUT2D eigenvalue weighted by Gasteiger charge is 2.33. The predicted molar refractivity (Wildman–Crippen MR) is 113 cm³/mol. The summed E-state index contributed by atoms with van der Waals surface area (Å²) in [7, 11) is 0. The van der Waals surface area contributed by atoms with Crippen LogP contribution in [0.2, 0.25) is 0 Å². The largest absolute Gasteiger partial charge is 0.321 e. The first-order chi connectivity index (χ1) is 13.4. The molecule has 2 aromatic carbocycles. The molecule has 5 nitrogen and oxygen atoms in total. The summed E-state index contributed by atoms with van der Waals surface area (Å²) >= 11 is 1.21. The second-order valence-electron chi connectivity index (χ2n) is 6.83. The van der Waals surface area contributed by atoms with E-state index in [2.05, 4.69) is 19.2 Å². The van der Waals surface area contributed by atoms with Gasteiger partial charge in [0.05, 0.1) is 5.75 Å². The van der Waals surface area contributed by atoms with Crippen molar-refractivity contribution in [3.8, 4) is 6.07 Å². The number of rotatable bonds is 4. The molecule has 28 heavy (non-hydrogen) atoms. The van der Waals surface area contributed by atoms with Crippen molar-refractivity contribution in [3.05, 3.63) is 70.3 Å². The Morgan fingerprint density at radius 3 is 2.46 bits per heavy atom. The van der Waals surface area contributed by atoms with Crippen LogP contribution in [0, 0.1) is 18.3 Å². The lowest BCUT2D eigenvalue weighted by Crippen LogP contribution is -2.27. The van der Waals surface area contributed by atoms with Gasteiger partial charge in [0.25, 0.3) is 5.91 Å². The molecule has 0 saturated carbocycles. The van der Waals surface area contributed by atoms with Gasteiger partial charge < -0.3 is 5.32 Å². The number of nitrogens with one attached hydrogen (secondary N) is 1. The third-order valence-corrected chi connectivity index (χ3v) is 5.60. The van der Waals surface area contributed by atoms with E-state index < -0.39 is 5.91 Å². The Bertz CT molecular complexity index is 988. The van der Waals surface area contributed by atoms with Gasteiger partial charge in [0, 0.05) is 11.4 Å². The van der Waals surface area contributed by atoms with Crippen molar-refractivity contribution >= 4 is 35.0 Å². The minimum Gasteiger partial charge on any atom is -0.321 e. The fourth-order valence-electron chi connectivity index (χ4n) is 2.92. The molecule has 1 fully saturated rings. The molecular formula is C22H21N3O2S. The highest BCUT2D eigenvalue weighted by atomic mass is 32.2. The number of anilines is 2. The van der Waals surface area contributed by atoms with Gasteiger partial charge in [0.1, 0.15) is 16.7 Å². The number of amides is 2. The van der Waals surface area contributed by atoms with Crippen molar-refractivity contribution in [1.29, 1.82) is 5.26 Å². The maximum absolute atomic E-state index is 12.8. The number of thioether (sulfide) groups is 1. The van der Waals surface area contributed by atoms with Crippen LogP contribution in [0.15, 0.2) is 59.1 Å². The van der Waals surface area contributed by atoms with Gasteiger partial charge in [-0.3, -0.25) is 14.5 Å². The lowest BCUT2D eigenvalue weighted by atomic mass is 10.0. The van der Waals surface area contributed by atoms with E-state index in [0.717, 1.165) is 11.1 Å². The van der Waals surface area contributed by atoms with Gasteiger partial charge in [-0.15, -0.1) is 0 Å². The molecule has 2 aromatic rings. The van der Waals surface area contributed by atoms with Crippen molar-refractivity contribution in [2.45, 2.75) is 26.7 Å². The number of nitrogens with zero attached hydrogens (tertiary/aromatic N) is 2. The summed E-state index contributed by atoms with van der Waals surface area (Å²) in [6.45, 7) is 6.08. The van der Waals surface area contributed by atoms with Crippen LogP contribution >= 0.6 is 11.8 Å². The topological polar surface area (TPSA) is 73.2 Å². The molecule has 2 amide bonds. The lowest BCUT2D eigenvalue weighted by Gasteiger charge is -2.19. The summed E-state index contributed by atoms with van der Waals surface area (Å²) in [6, 6.07) is 17.0. The number of hydrogen-bond donors (Lipinski definition) is 1. The van der Waals surface area contributed by atoms with Crippen molar-refractivity contribution < 1.29 is 9.59 Å². The van der Waals surface area contributed by atoms with Crippen LogP contribution in [0.4, 0.5) is 11.4 Å². The molecule has 0 unspecified atom stereocenters. The average Bonchev–Trinajstić information content (AvgIpc) is 3.05. The SMILES string of the molecule is Cc1ccccc1NC(=O)/C(C#N)=C1\SCC(=O)N1c1ccc(C(C)C)cc1. The number of benzene rings is 2. The van der Waals surface area contributed by atoms with E-state index in [-0.39, 0.29) is 17.2 Å². The Hall–Kier alpha value is -3.04. The summed E-state index contributed by atoms with van der Waals surface area (Å²) in [5, 5.41) is 12.8. The van der Waals surface area contributed by atoms with Gasteiger partial charge in [0.15, 0.2) is 0 Å². The van der Waals surface area contributed by atoms with E-state index in [1.54, 1.807) is 6.07 Å². The molecule has 0 atom stereocenters. The Morgan fingerprint density at radius 1 is 1.18 bits per heavy atom. The second kappa shape index (κ2) is 8.32. The van der Waals surface area contributed by atoms with Crippen molar-refractivity contribution in [3.63, 3.8) is 0 Å². The number of para-hydroxylation sites is 1. The normalized spacial score (nSPS) is 15.5. The molecule has 3 rings (SSSR count). The first kappa shape index (κ1) is 19.7. The van der Waals surface area contributed by atoms with E-state index in [9.17, 15) is 14.9 Å². The fourth-order valence-corrected chi connectivity index (χ4v) is 3.93. The van der Waals surface area contributed by atoms with Gasteiger partial charge >= 0.3 is 0 Å². The highest BCUT2D eigenvalue weighted by molar-refractivity contribution is 8.04. The molecular weight excluding hydrogens is 370 g/mol. The summed E-state index contributed by atoms with van der Waals surface area (Å²) in [5.41, 5.74) is 3.29. The van der Waals surface area contributed by atoms with E-state index >= 15 is 0 Å². The van der Waals surface area contributed by atoms with E-state index in [4.69, 9.17) is 0 Å². The van der Waals surface area contributed by atoms with Crippen LogP contribution in [-0.2, 0) is 9.59 Å². The van der Waals surface area contributed by atoms with Crippen LogP contribution in [0.25, 0.3) is 0 Å². The smallest absolute Gasteiger partial charge is 0.269 e. The molecule has 142 valence electrons. The molecule has 0 aromatic heterocycles. The molecule has 1 aliphatic rings. The van der Waals surface area contributed by atoms with Crippen LogP contribution in [0.3, 0.4) is 0 Å². The maximum atomic E-state index is 12.8. The summed E-state index contributed by atoms with van der Waals surface area (Å²) in [6.07, 6.45) is 0. The molecule has 6 heteroatoms. The maximum Gasteiger partial charge on any atom is 0.269 e. The zero-order chi connectivity index (χ0) is 20.3. The number of aryl methyl sites for hydroxylation is 1. The third kappa shape index (κ3) is 3.95. The minimum absolute atomic E-state index is 0.0629. The van der Waals surface area contributed by atoms with Crippen molar-refractivity contribution in [2.75, 3.05) is 16.0 Å². The molecule has 1 N–H and O–H groups in total. The number of nitriles is 1. The minimum atomic E-state index is -0.516. The van der Waals surface area contributed by atoms with E-state index in [1.807, 2.05) is 55.5 Å². The average molecular weight is 391 g/mol.